The van der Waals surface area contributed by atoms with Gasteiger partial charge in [0.25, 0.3) is 11.6 Å². The highest BCUT2D eigenvalue weighted by Crippen LogP contribution is 2.37. The Hall–Kier alpha value is -4.96. The highest BCUT2D eigenvalue weighted by atomic mass is 32.2. The number of nitro groups is 1. The Balaban J connectivity index is 1.46. The Kier molecular flexibility index (Phi) is 6.88. The second-order valence-corrected chi connectivity index (χ2v) is 9.22. The minimum Gasteiger partial charge on any atom is -0.478 e. The minimum absolute atomic E-state index is 0.0789. The first kappa shape index (κ1) is 24.7. The molecule has 0 spiro atoms. The molecule has 5 rings (SSSR count). The number of benzene rings is 3. The van der Waals surface area contributed by atoms with Crippen LogP contribution in [0.15, 0.2) is 105 Å². The van der Waals surface area contributed by atoms with Crippen LogP contribution in [0.3, 0.4) is 0 Å². The van der Waals surface area contributed by atoms with E-state index in [0.717, 1.165) is 5.56 Å². The Labute approximate surface area is 220 Å². The predicted molar refractivity (Wildman–Crippen MR) is 144 cm³/mol. The minimum atomic E-state index is -1.03. The van der Waals surface area contributed by atoms with Crippen molar-refractivity contribution in [3.63, 3.8) is 0 Å². The molecule has 38 heavy (non-hydrogen) atoms. The van der Waals surface area contributed by atoms with Gasteiger partial charge in [0, 0.05) is 12.1 Å². The van der Waals surface area contributed by atoms with Crippen molar-refractivity contribution in [2.24, 2.45) is 4.99 Å². The second kappa shape index (κ2) is 10.6. The summed E-state index contributed by atoms with van der Waals surface area (Å²) in [6, 6.07) is 25.1. The number of carbonyl (C=O) groups is 2. The van der Waals surface area contributed by atoms with Crippen LogP contribution in [0.4, 0.5) is 11.4 Å². The van der Waals surface area contributed by atoms with Crippen LogP contribution in [0.2, 0.25) is 0 Å². The molecule has 0 radical (unpaired) electrons. The number of amides is 1. The zero-order chi connectivity index (χ0) is 26.6. The number of furan rings is 1. The largest absolute Gasteiger partial charge is 0.478 e. The van der Waals surface area contributed by atoms with Crippen molar-refractivity contribution in [3.8, 4) is 11.3 Å². The molecule has 10 heteroatoms. The lowest BCUT2D eigenvalue weighted by Gasteiger charge is -2.16. The third kappa shape index (κ3) is 5.25. The van der Waals surface area contributed by atoms with Crippen LogP contribution >= 0.6 is 11.8 Å². The number of carboxylic acids is 1. The van der Waals surface area contributed by atoms with Gasteiger partial charge >= 0.3 is 5.97 Å². The van der Waals surface area contributed by atoms with Crippen LogP contribution in [0.5, 0.6) is 0 Å². The molecular formula is C28H19N3O6S. The first-order chi connectivity index (χ1) is 18.4. The molecular weight excluding hydrogens is 506 g/mol. The summed E-state index contributed by atoms with van der Waals surface area (Å²) in [6.07, 6.45) is 1.58. The molecule has 4 aromatic rings. The zero-order valence-electron chi connectivity index (χ0n) is 19.7. The van der Waals surface area contributed by atoms with Crippen molar-refractivity contribution < 1.29 is 24.0 Å². The van der Waals surface area contributed by atoms with Crippen LogP contribution in [0.1, 0.15) is 21.7 Å². The zero-order valence-corrected chi connectivity index (χ0v) is 20.5. The maximum absolute atomic E-state index is 13.4. The van der Waals surface area contributed by atoms with Crippen LogP contribution in [0, 0.1) is 10.1 Å². The Morgan fingerprint density at radius 1 is 1.00 bits per heavy atom. The van der Waals surface area contributed by atoms with Gasteiger partial charge in [-0.05, 0) is 59.8 Å². The fourth-order valence-corrected chi connectivity index (χ4v) is 4.80. The summed E-state index contributed by atoms with van der Waals surface area (Å²) in [4.78, 5) is 42.1. The Morgan fingerprint density at radius 3 is 2.42 bits per heavy atom. The lowest BCUT2D eigenvalue weighted by atomic mass is 10.1. The van der Waals surface area contributed by atoms with Gasteiger partial charge in [0.05, 0.1) is 33.2 Å². The van der Waals surface area contributed by atoms with E-state index in [2.05, 4.69) is 4.99 Å². The number of hydrogen-bond acceptors (Lipinski definition) is 7. The average molecular weight is 526 g/mol. The number of rotatable bonds is 7. The van der Waals surface area contributed by atoms with Crippen molar-refractivity contribution in [2.75, 3.05) is 0 Å². The fraction of sp³-hybridized carbons (Fsp3) is 0.0357. The molecule has 3 aromatic carbocycles. The van der Waals surface area contributed by atoms with E-state index in [4.69, 9.17) is 9.52 Å². The van der Waals surface area contributed by atoms with Crippen molar-refractivity contribution in [2.45, 2.75) is 6.54 Å². The summed E-state index contributed by atoms with van der Waals surface area (Å²) in [6.45, 7) is 0.189. The first-order valence-electron chi connectivity index (χ1n) is 11.4. The second-order valence-electron chi connectivity index (χ2n) is 8.21. The van der Waals surface area contributed by atoms with E-state index in [9.17, 15) is 19.7 Å². The lowest BCUT2D eigenvalue weighted by Crippen LogP contribution is -2.28. The number of aromatic carboxylic acids is 1. The molecule has 1 aromatic heterocycles. The standard InChI is InChI=1S/C28H19N3O6S/c32-26-25(16-21-14-15-24(37-21)22-8-4-5-9-23(22)31(35)36)38-28(29-20-6-2-1-3-7-20)30(26)17-18-10-12-19(13-11-18)27(33)34/h1-16H,17H2,(H,33,34)/b25-16-,29-28?. The third-order valence-corrected chi connectivity index (χ3v) is 6.68. The number of amidine groups is 1. The van der Waals surface area contributed by atoms with Gasteiger partial charge in [-0.3, -0.25) is 19.8 Å². The number of nitro benzene ring substituents is 1. The van der Waals surface area contributed by atoms with Gasteiger partial charge in [0.1, 0.15) is 11.5 Å². The van der Waals surface area contributed by atoms with E-state index in [1.54, 1.807) is 48.5 Å². The molecule has 1 N–H and O–H groups in total. The monoisotopic (exact) mass is 525 g/mol. The van der Waals surface area contributed by atoms with Crippen LogP contribution in [-0.4, -0.2) is 32.0 Å². The first-order valence-corrected chi connectivity index (χ1v) is 12.2. The summed E-state index contributed by atoms with van der Waals surface area (Å²) < 4.78 is 5.85. The van der Waals surface area contributed by atoms with E-state index in [-0.39, 0.29) is 23.7 Å². The highest BCUT2D eigenvalue weighted by Gasteiger charge is 2.34. The lowest BCUT2D eigenvalue weighted by molar-refractivity contribution is -0.384. The summed E-state index contributed by atoms with van der Waals surface area (Å²) in [5.74, 6) is -0.649. The Morgan fingerprint density at radius 2 is 1.71 bits per heavy atom. The molecule has 2 heterocycles. The number of hydrogen-bond donors (Lipinski definition) is 1. The van der Waals surface area contributed by atoms with Gasteiger partial charge in [-0.1, -0.05) is 42.5 Å². The fourth-order valence-electron chi connectivity index (χ4n) is 3.82. The van der Waals surface area contributed by atoms with Gasteiger partial charge < -0.3 is 9.52 Å². The molecule has 0 saturated carbocycles. The van der Waals surface area contributed by atoms with Crippen LogP contribution in [-0.2, 0) is 11.3 Å². The Bertz CT molecular complexity index is 1590. The summed E-state index contributed by atoms with van der Waals surface area (Å²) >= 11 is 1.18. The summed E-state index contributed by atoms with van der Waals surface area (Å²) in [7, 11) is 0. The van der Waals surface area contributed by atoms with Crippen molar-refractivity contribution in [1.82, 2.24) is 4.90 Å². The van der Waals surface area contributed by atoms with Crippen molar-refractivity contribution in [3.05, 3.63) is 123 Å². The number of carbonyl (C=O) groups excluding carboxylic acids is 1. The van der Waals surface area contributed by atoms with E-state index < -0.39 is 10.9 Å². The maximum Gasteiger partial charge on any atom is 0.335 e. The molecule has 0 aliphatic carbocycles. The number of nitrogens with zero attached hydrogens (tertiary/aromatic N) is 3. The number of carboxylic acid groups (broad SMARTS) is 1. The molecule has 1 saturated heterocycles. The number of aliphatic imine (C=N–C) groups is 1. The van der Waals surface area contributed by atoms with Gasteiger partial charge in [0.15, 0.2) is 5.17 Å². The average Bonchev–Trinajstić information content (AvgIpc) is 3.50. The SMILES string of the molecule is O=C(O)c1ccc(CN2C(=O)/C(=C/c3ccc(-c4ccccc4[N+](=O)[O-])o3)SC2=Nc2ccccc2)cc1. The van der Waals surface area contributed by atoms with E-state index in [1.165, 1.54) is 34.9 Å². The predicted octanol–water partition coefficient (Wildman–Crippen LogP) is 6.36. The summed E-state index contributed by atoms with van der Waals surface area (Å²) in [5, 5.41) is 21.0. The van der Waals surface area contributed by atoms with Crippen LogP contribution < -0.4 is 0 Å². The third-order valence-electron chi connectivity index (χ3n) is 5.68. The quantitative estimate of drug-likeness (QED) is 0.169. The van der Waals surface area contributed by atoms with E-state index >= 15 is 0 Å². The van der Waals surface area contributed by atoms with Crippen molar-refractivity contribution in [1.29, 1.82) is 0 Å². The molecule has 0 unspecified atom stereocenters. The van der Waals surface area contributed by atoms with E-state index in [1.807, 2.05) is 30.3 Å². The summed E-state index contributed by atoms with van der Waals surface area (Å²) in [5.41, 5.74) is 1.83. The van der Waals surface area contributed by atoms with Gasteiger partial charge in [-0.15, -0.1) is 0 Å². The van der Waals surface area contributed by atoms with Gasteiger partial charge in [-0.25, -0.2) is 9.79 Å². The topological polar surface area (TPSA) is 126 Å². The van der Waals surface area contributed by atoms with Crippen molar-refractivity contribution >= 4 is 46.3 Å². The maximum atomic E-state index is 13.4. The molecule has 0 atom stereocenters. The molecule has 0 bridgehead atoms. The molecule has 1 amide bonds. The molecule has 1 fully saturated rings. The molecule has 1 aliphatic heterocycles. The molecule has 9 nitrogen and oxygen atoms in total. The number of thioether (sulfide) groups is 1. The van der Waals surface area contributed by atoms with Crippen LogP contribution in [0.25, 0.3) is 17.4 Å². The van der Waals surface area contributed by atoms with Gasteiger partial charge in [-0.2, -0.15) is 0 Å². The number of para-hydroxylation sites is 2. The normalized spacial score (nSPS) is 15.4. The smallest absolute Gasteiger partial charge is 0.335 e. The molecule has 1 aliphatic rings. The van der Waals surface area contributed by atoms with Gasteiger partial charge in [0.2, 0.25) is 0 Å². The van der Waals surface area contributed by atoms with E-state index in [0.29, 0.717) is 32.8 Å². The molecule has 188 valence electrons. The highest BCUT2D eigenvalue weighted by molar-refractivity contribution is 8.18.